The largest absolute Gasteiger partial charge is 0.465 e. The van der Waals surface area contributed by atoms with Gasteiger partial charge in [0.05, 0.1) is 16.8 Å². The first-order valence-corrected chi connectivity index (χ1v) is 11.6. The molecule has 148 valence electrons. The van der Waals surface area contributed by atoms with E-state index < -0.39 is 0 Å². The van der Waals surface area contributed by atoms with E-state index in [1.165, 1.54) is 40.4 Å². The first-order chi connectivity index (χ1) is 13.5. The van der Waals surface area contributed by atoms with Gasteiger partial charge in [0.25, 0.3) is 0 Å². The van der Waals surface area contributed by atoms with E-state index in [9.17, 15) is 4.79 Å². The Balaban J connectivity index is 1.83. The van der Waals surface area contributed by atoms with Crippen LogP contribution in [0.25, 0.3) is 20.4 Å². The number of pyridine rings is 1. The van der Waals surface area contributed by atoms with Crippen LogP contribution < -0.4 is 0 Å². The number of nitrogens with zero attached hydrogens (tertiary/aromatic N) is 3. The van der Waals surface area contributed by atoms with E-state index in [4.69, 9.17) is 9.72 Å². The minimum absolute atomic E-state index is 0.210. The molecule has 0 saturated carbocycles. The van der Waals surface area contributed by atoms with Gasteiger partial charge in [-0.2, -0.15) is 0 Å². The maximum absolute atomic E-state index is 12.1. The number of fused-ring (bicyclic) bond motifs is 5. The van der Waals surface area contributed by atoms with Crippen LogP contribution in [0.4, 0.5) is 0 Å². The van der Waals surface area contributed by atoms with Gasteiger partial charge in [-0.05, 0) is 56.6 Å². The number of thiophene rings is 1. The zero-order valence-electron chi connectivity index (χ0n) is 16.7. The summed E-state index contributed by atoms with van der Waals surface area (Å²) in [5.41, 5.74) is 5.10. The van der Waals surface area contributed by atoms with Crippen LogP contribution in [0.5, 0.6) is 0 Å². The number of ether oxygens (including phenoxy) is 1. The van der Waals surface area contributed by atoms with E-state index in [-0.39, 0.29) is 11.2 Å². The molecule has 4 rings (SSSR count). The van der Waals surface area contributed by atoms with Gasteiger partial charge in [-0.1, -0.05) is 25.6 Å². The molecular weight excluding hydrogens is 390 g/mol. The predicted molar refractivity (Wildman–Crippen MR) is 115 cm³/mol. The zero-order valence-corrected chi connectivity index (χ0v) is 18.4. The first kappa shape index (κ1) is 19.6. The molecule has 3 heterocycles. The molecule has 0 aliphatic heterocycles. The Morgan fingerprint density at radius 2 is 2.04 bits per heavy atom. The third-order valence-corrected chi connectivity index (χ3v) is 7.32. The number of hydrogen-bond donors (Lipinski definition) is 0. The molecule has 1 atom stereocenters. The third-order valence-electron chi connectivity index (χ3n) is 5.03. The summed E-state index contributed by atoms with van der Waals surface area (Å²) in [5.74, 6) is 0.374. The molecule has 0 fully saturated rings. The van der Waals surface area contributed by atoms with E-state index in [1.807, 2.05) is 13.8 Å². The lowest BCUT2D eigenvalue weighted by Gasteiger charge is -2.11. The minimum atomic E-state index is -0.307. The fourth-order valence-corrected chi connectivity index (χ4v) is 6.01. The van der Waals surface area contributed by atoms with Crippen molar-refractivity contribution in [1.29, 1.82) is 0 Å². The standard InChI is InChI=1S/C21H25N3O2S2/c1-5-26-21(25)12(4)27-20-18-17(22-10-23-20)16-14-8-6-7-13(14)15(9-11(2)3)24-19(16)28-18/h10-12H,5-9H2,1-4H3. The van der Waals surface area contributed by atoms with Gasteiger partial charge < -0.3 is 4.74 Å². The van der Waals surface area contributed by atoms with Crippen molar-refractivity contribution < 1.29 is 9.53 Å². The quantitative estimate of drug-likeness (QED) is 0.322. The van der Waals surface area contributed by atoms with Crippen LogP contribution in [0.15, 0.2) is 11.4 Å². The Morgan fingerprint density at radius 1 is 1.25 bits per heavy atom. The van der Waals surface area contributed by atoms with Gasteiger partial charge in [0.1, 0.15) is 21.4 Å². The summed E-state index contributed by atoms with van der Waals surface area (Å²) in [5, 5.41) is 1.73. The molecule has 0 bridgehead atoms. The second-order valence-corrected chi connectivity index (χ2v) is 9.95. The molecule has 0 amide bonds. The fraction of sp³-hybridized carbons (Fsp3) is 0.524. The number of rotatable bonds is 6. The van der Waals surface area contributed by atoms with Gasteiger partial charge in [0.15, 0.2) is 0 Å². The highest BCUT2D eigenvalue weighted by Crippen LogP contribution is 2.42. The average molecular weight is 416 g/mol. The Kier molecular flexibility index (Phi) is 5.56. The number of aryl methyl sites for hydroxylation is 1. The smallest absolute Gasteiger partial charge is 0.319 e. The molecule has 0 spiro atoms. The summed E-state index contributed by atoms with van der Waals surface area (Å²) in [6, 6.07) is 0. The van der Waals surface area contributed by atoms with Crippen molar-refractivity contribution in [2.24, 2.45) is 5.92 Å². The van der Waals surface area contributed by atoms with Gasteiger partial charge in [-0.25, -0.2) is 15.0 Å². The molecule has 0 radical (unpaired) electrons. The summed E-state index contributed by atoms with van der Waals surface area (Å²) in [4.78, 5) is 27.3. The second-order valence-electron chi connectivity index (χ2n) is 7.62. The molecule has 1 aliphatic carbocycles. The minimum Gasteiger partial charge on any atom is -0.465 e. The molecule has 0 saturated heterocycles. The highest BCUT2D eigenvalue weighted by molar-refractivity contribution is 8.00. The summed E-state index contributed by atoms with van der Waals surface area (Å²) in [7, 11) is 0. The summed E-state index contributed by atoms with van der Waals surface area (Å²) in [6.45, 7) is 8.57. The molecule has 7 heteroatoms. The maximum Gasteiger partial charge on any atom is 0.319 e. The van der Waals surface area contributed by atoms with Crippen molar-refractivity contribution in [1.82, 2.24) is 15.0 Å². The molecule has 0 N–H and O–H groups in total. The van der Waals surface area contributed by atoms with Crippen molar-refractivity contribution in [3.8, 4) is 0 Å². The lowest BCUT2D eigenvalue weighted by Crippen LogP contribution is -2.16. The third kappa shape index (κ3) is 3.50. The van der Waals surface area contributed by atoms with Gasteiger partial charge in [0.2, 0.25) is 0 Å². The zero-order chi connectivity index (χ0) is 19.8. The van der Waals surface area contributed by atoms with Crippen LogP contribution >= 0.6 is 23.1 Å². The highest BCUT2D eigenvalue weighted by Gasteiger charge is 2.25. The van der Waals surface area contributed by atoms with Crippen LogP contribution in [0.3, 0.4) is 0 Å². The number of aromatic nitrogens is 3. The van der Waals surface area contributed by atoms with Gasteiger partial charge >= 0.3 is 5.97 Å². The van der Waals surface area contributed by atoms with E-state index in [0.717, 1.165) is 39.3 Å². The predicted octanol–water partition coefficient (Wildman–Crippen LogP) is 4.97. The van der Waals surface area contributed by atoms with Crippen molar-refractivity contribution >= 4 is 49.5 Å². The van der Waals surface area contributed by atoms with Crippen LogP contribution in [-0.4, -0.2) is 32.8 Å². The van der Waals surface area contributed by atoms with Crippen molar-refractivity contribution in [2.45, 2.75) is 63.7 Å². The number of thioether (sulfide) groups is 1. The maximum atomic E-state index is 12.1. The van der Waals surface area contributed by atoms with Crippen LogP contribution in [0.2, 0.25) is 0 Å². The average Bonchev–Trinajstić information content (AvgIpc) is 3.26. The molecule has 3 aromatic rings. The van der Waals surface area contributed by atoms with Crippen LogP contribution in [0, 0.1) is 5.92 Å². The molecule has 0 aromatic carbocycles. The topological polar surface area (TPSA) is 65.0 Å². The normalized spacial score (nSPS) is 14.8. The number of hydrogen-bond acceptors (Lipinski definition) is 7. The SMILES string of the molecule is CCOC(=O)C(C)Sc1ncnc2c1sc1nc(CC(C)C)c3c(c12)CCC3. The van der Waals surface area contributed by atoms with Gasteiger partial charge in [-0.3, -0.25) is 4.79 Å². The molecule has 3 aromatic heterocycles. The second kappa shape index (κ2) is 7.95. The summed E-state index contributed by atoms with van der Waals surface area (Å²) < 4.78 is 6.18. The molecule has 1 aliphatic rings. The van der Waals surface area contributed by atoms with E-state index in [1.54, 1.807) is 17.7 Å². The van der Waals surface area contributed by atoms with E-state index in [2.05, 4.69) is 23.8 Å². The molecular formula is C21H25N3O2S2. The monoisotopic (exact) mass is 415 g/mol. The lowest BCUT2D eigenvalue weighted by molar-refractivity contribution is -0.142. The van der Waals surface area contributed by atoms with E-state index in [0.29, 0.717) is 12.5 Å². The molecule has 28 heavy (non-hydrogen) atoms. The Labute approximate surface area is 173 Å². The Morgan fingerprint density at radius 3 is 2.79 bits per heavy atom. The highest BCUT2D eigenvalue weighted by atomic mass is 32.2. The fourth-order valence-electron chi connectivity index (χ4n) is 3.87. The number of esters is 1. The van der Waals surface area contributed by atoms with E-state index >= 15 is 0 Å². The van der Waals surface area contributed by atoms with Crippen LogP contribution in [0.1, 0.15) is 50.9 Å². The number of carbonyl (C=O) groups is 1. The summed E-state index contributed by atoms with van der Waals surface area (Å²) in [6.07, 6.45) is 6.02. The van der Waals surface area contributed by atoms with Crippen LogP contribution in [-0.2, 0) is 28.8 Å². The van der Waals surface area contributed by atoms with Crippen molar-refractivity contribution in [2.75, 3.05) is 6.61 Å². The lowest BCUT2D eigenvalue weighted by atomic mass is 9.99. The Bertz CT molecular complexity index is 1050. The van der Waals surface area contributed by atoms with Gasteiger partial charge in [0, 0.05) is 11.1 Å². The van der Waals surface area contributed by atoms with Gasteiger partial charge in [-0.15, -0.1) is 11.3 Å². The molecule has 5 nitrogen and oxygen atoms in total. The van der Waals surface area contributed by atoms with Crippen molar-refractivity contribution in [3.05, 3.63) is 23.1 Å². The number of carbonyl (C=O) groups excluding carboxylic acids is 1. The Hall–Kier alpha value is -1.73. The molecule has 1 unspecified atom stereocenters. The first-order valence-electron chi connectivity index (χ1n) is 9.90. The van der Waals surface area contributed by atoms with Crippen molar-refractivity contribution in [3.63, 3.8) is 0 Å². The summed E-state index contributed by atoms with van der Waals surface area (Å²) >= 11 is 3.10.